The average molecular weight is 221 g/mol. The van der Waals surface area contributed by atoms with Gasteiger partial charge in [0.05, 0.1) is 18.7 Å². The van der Waals surface area contributed by atoms with Gasteiger partial charge in [-0.2, -0.15) is 5.10 Å². The number of amides is 1. The van der Waals surface area contributed by atoms with Crippen LogP contribution in [-0.4, -0.2) is 35.3 Å². The van der Waals surface area contributed by atoms with Crippen molar-refractivity contribution in [2.45, 2.75) is 12.8 Å². The molecule has 1 aromatic rings. The smallest absolute Gasteiger partial charge is 0.252 e. The normalized spacial score (nSPS) is 19.6. The number of carbonyl (C=O) groups is 1. The molecule has 1 aliphatic rings. The van der Waals surface area contributed by atoms with Crippen LogP contribution in [0.25, 0.3) is 5.57 Å². The first-order valence-electron chi connectivity index (χ1n) is 5.24. The molecule has 86 valence electrons. The van der Waals surface area contributed by atoms with Gasteiger partial charge in [-0.3, -0.25) is 14.7 Å². The zero-order chi connectivity index (χ0) is 11.5. The van der Waals surface area contributed by atoms with Crippen LogP contribution in [0.4, 0.5) is 0 Å². The Balaban J connectivity index is 2.09. The molecular formula is C11H15N3O2. The summed E-state index contributed by atoms with van der Waals surface area (Å²) in [5.74, 6) is -0.0831. The van der Waals surface area contributed by atoms with Crippen molar-refractivity contribution < 1.29 is 9.63 Å². The van der Waals surface area contributed by atoms with Crippen LogP contribution in [0.1, 0.15) is 18.5 Å². The fourth-order valence-electron chi connectivity index (χ4n) is 1.90. The predicted molar refractivity (Wildman–Crippen MR) is 59.1 cm³/mol. The average Bonchev–Trinajstić information content (AvgIpc) is 2.96. The zero-order valence-electron chi connectivity index (χ0n) is 9.43. The fourth-order valence-corrected chi connectivity index (χ4v) is 1.90. The predicted octanol–water partition coefficient (Wildman–Crippen LogP) is 1.22. The van der Waals surface area contributed by atoms with Crippen LogP contribution in [0.2, 0.25) is 0 Å². The van der Waals surface area contributed by atoms with Crippen LogP contribution in [0.5, 0.6) is 0 Å². The summed E-state index contributed by atoms with van der Waals surface area (Å²) >= 11 is 0. The van der Waals surface area contributed by atoms with Gasteiger partial charge in [-0.1, -0.05) is 6.08 Å². The SMILES string of the molecule is CON(C)C(=O)C1C=C(c2ccn[nH]2)CC1. The molecule has 0 radical (unpaired) electrons. The molecule has 1 N–H and O–H groups in total. The van der Waals surface area contributed by atoms with Crippen molar-refractivity contribution in [3.63, 3.8) is 0 Å². The molecule has 0 fully saturated rings. The second-order valence-corrected chi connectivity index (χ2v) is 3.83. The molecule has 0 spiro atoms. The number of rotatable bonds is 3. The van der Waals surface area contributed by atoms with Crippen molar-refractivity contribution in [2.24, 2.45) is 5.92 Å². The van der Waals surface area contributed by atoms with Gasteiger partial charge in [-0.05, 0) is 24.5 Å². The highest BCUT2D eigenvalue weighted by Crippen LogP contribution is 2.31. The monoisotopic (exact) mass is 221 g/mol. The minimum absolute atomic E-state index is 0.00276. The van der Waals surface area contributed by atoms with Crippen molar-refractivity contribution in [3.05, 3.63) is 24.0 Å². The Kier molecular flexibility index (Phi) is 3.05. The van der Waals surface area contributed by atoms with Crippen LogP contribution >= 0.6 is 0 Å². The number of nitrogens with zero attached hydrogens (tertiary/aromatic N) is 2. The van der Waals surface area contributed by atoms with Gasteiger partial charge in [-0.25, -0.2) is 5.06 Å². The summed E-state index contributed by atoms with van der Waals surface area (Å²) in [7, 11) is 3.12. The van der Waals surface area contributed by atoms with E-state index in [4.69, 9.17) is 4.84 Å². The first-order valence-corrected chi connectivity index (χ1v) is 5.24. The molecule has 1 unspecified atom stereocenters. The molecule has 5 nitrogen and oxygen atoms in total. The highest BCUT2D eigenvalue weighted by atomic mass is 16.7. The number of H-pyrrole nitrogens is 1. The van der Waals surface area contributed by atoms with Gasteiger partial charge in [0, 0.05) is 13.2 Å². The molecule has 1 atom stereocenters. The fraction of sp³-hybridized carbons (Fsp3) is 0.455. The Bertz CT molecular complexity index is 397. The number of nitrogens with one attached hydrogen (secondary N) is 1. The highest BCUT2D eigenvalue weighted by Gasteiger charge is 2.26. The van der Waals surface area contributed by atoms with Crippen LogP contribution in [-0.2, 0) is 9.63 Å². The van der Waals surface area contributed by atoms with Crippen molar-refractivity contribution in [1.82, 2.24) is 15.3 Å². The quantitative estimate of drug-likeness (QED) is 0.781. The summed E-state index contributed by atoms with van der Waals surface area (Å²) in [5.41, 5.74) is 2.15. The lowest BCUT2D eigenvalue weighted by atomic mass is 10.1. The second kappa shape index (κ2) is 4.49. The van der Waals surface area contributed by atoms with E-state index in [1.165, 1.54) is 12.2 Å². The van der Waals surface area contributed by atoms with Gasteiger partial charge in [0.2, 0.25) is 0 Å². The van der Waals surface area contributed by atoms with E-state index in [-0.39, 0.29) is 11.8 Å². The molecule has 5 heteroatoms. The lowest BCUT2D eigenvalue weighted by Gasteiger charge is -2.16. The maximum atomic E-state index is 11.8. The van der Waals surface area contributed by atoms with Crippen molar-refractivity contribution in [3.8, 4) is 0 Å². The molecule has 0 saturated heterocycles. The summed E-state index contributed by atoms with van der Waals surface area (Å²) in [4.78, 5) is 16.7. The Labute approximate surface area is 94.0 Å². The molecule has 1 heterocycles. The summed E-state index contributed by atoms with van der Waals surface area (Å²) in [6.45, 7) is 0. The van der Waals surface area contributed by atoms with E-state index in [0.717, 1.165) is 24.1 Å². The number of aromatic amines is 1. The number of hydrogen-bond acceptors (Lipinski definition) is 3. The van der Waals surface area contributed by atoms with Crippen LogP contribution in [0.3, 0.4) is 0 Å². The first kappa shape index (κ1) is 10.9. The van der Waals surface area contributed by atoms with E-state index >= 15 is 0 Å². The third-order valence-corrected chi connectivity index (χ3v) is 2.88. The number of carbonyl (C=O) groups excluding carboxylic acids is 1. The Morgan fingerprint density at radius 3 is 3.12 bits per heavy atom. The van der Waals surface area contributed by atoms with Crippen LogP contribution < -0.4 is 0 Å². The van der Waals surface area contributed by atoms with E-state index < -0.39 is 0 Å². The van der Waals surface area contributed by atoms with Crippen LogP contribution in [0, 0.1) is 5.92 Å². The Morgan fingerprint density at radius 2 is 2.50 bits per heavy atom. The third-order valence-electron chi connectivity index (χ3n) is 2.88. The topological polar surface area (TPSA) is 58.2 Å². The van der Waals surface area contributed by atoms with E-state index in [2.05, 4.69) is 10.2 Å². The number of hydroxylamine groups is 2. The molecular weight excluding hydrogens is 206 g/mol. The molecule has 0 saturated carbocycles. The van der Waals surface area contributed by atoms with E-state index in [9.17, 15) is 4.79 Å². The highest BCUT2D eigenvalue weighted by molar-refractivity contribution is 5.83. The number of aromatic nitrogens is 2. The number of allylic oxidation sites excluding steroid dienone is 1. The summed E-state index contributed by atoms with van der Waals surface area (Å²) in [6.07, 6.45) is 5.44. The molecule has 0 aliphatic heterocycles. The summed E-state index contributed by atoms with van der Waals surface area (Å²) in [5, 5.41) is 8.08. The van der Waals surface area contributed by atoms with E-state index in [1.807, 2.05) is 12.1 Å². The second-order valence-electron chi connectivity index (χ2n) is 3.83. The van der Waals surface area contributed by atoms with Crippen molar-refractivity contribution >= 4 is 11.5 Å². The van der Waals surface area contributed by atoms with Gasteiger partial charge in [0.25, 0.3) is 5.91 Å². The van der Waals surface area contributed by atoms with Crippen molar-refractivity contribution in [1.29, 1.82) is 0 Å². The zero-order valence-corrected chi connectivity index (χ0v) is 9.43. The third kappa shape index (κ3) is 1.99. The summed E-state index contributed by atoms with van der Waals surface area (Å²) in [6, 6.07) is 1.92. The van der Waals surface area contributed by atoms with Gasteiger partial charge in [0.1, 0.15) is 0 Å². The number of hydrogen-bond donors (Lipinski definition) is 1. The van der Waals surface area contributed by atoms with Crippen LogP contribution in [0.15, 0.2) is 18.3 Å². The maximum Gasteiger partial charge on any atom is 0.252 e. The van der Waals surface area contributed by atoms with Gasteiger partial charge in [0.15, 0.2) is 0 Å². The van der Waals surface area contributed by atoms with E-state index in [1.54, 1.807) is 13.2 Å². The Hall–Kier alpha value is -1.62. The molecule has 1 aromatic heterocycles. The minimum atomic E-state index is -0.0803. The van der Waals surface area contributed by atoms with Crippen molar-refractivity contribution in [2.75, 3.05) is 14.2 Å². The van der Waals surface area contributed by atoms with Gasteiger partial charge < -0.3 is 0 Å². The standard InChI is InChI=1S/C11H15N3O2/c1-14(16-2)11(15)9-4-3-8(7-9)10-5-6-12-13-10/h5-7,9H,3-4H2,1-2H3,(H,12,13). The lowest BCUT2D eigenvalue weighted by molar-refractivity contribution is -0.171. The minimum Gasteiger partial charge on any atom is -0.278 e. The largest absolute Gasteiger partial charge is 0.278 e. The summed E-state index contributed by atoms with van der Waals surface area (Å²) < 4.78 is 0. The molecule has 0 aromatic carbocycles. The van der Waals surface area contributed by atoms with Gasteiger partial charge >= 0.3 is 0 Å². The molecule has 2 rings (SSSR count). The molecule has 1 aliphatic carbocycles. The van der Waals surface area contributed by atoms with E-state index in [0.29, 0.717) is 0 Å². The molecule has 0 bridgehead atoms. The molecule has 16 heavy (non-hydrogen) atoms. The molecule has 1 amide bonds. The van der Waals surface area contributed by atoms with Gasteiger partial charge in [-0.15, -0.1) is 0 Å². The Morgan fingerprint density at radius 1 is 1.69 bits per heavy atom. The maximum absolute atomic E-state index is 11.8. The lowest BCUT2D eigenvalue weighted by Crippen LogP contribution is -2.30. The first-order chi connectivity index (χ1) is 7.72.